The quantitative estimate of drug-likeness (QED) is 0.820. The molecular formula is C13H7BrF4O. The van der Waals surface area contributed by atoms with Gasteiger partial charge in [-0.15, -0.1) is 0 Å². The Morgan fingerprint density at radius 2 is 1.53 bits per heavy atom. The molecule has 19 heavy (non-hydrogen) atoms. The van der Waals surface area contributed by atoms with Gasteiger partial charge >= 0.3 is 0 Å². The Labute approximate surface area is 114 Å². The molecular weight excluding hydrogens is 328 g/mol. The highest BCUT2D eigenvalue weighted by Crippen LogP contribution is 2.31. The van der Waals surface area contributed by atoms with Crippen molar-refractivity contribution >= 4 is 15.9 Å². The van der Waals surface area contributed by atoms with Crippen molar-refractivity contribution in [2.24, 2.45) is 0 Å². The minimum absolute atomic E-state index is 0.137. The molecule has 0 bridgehead atoms. The highest BCUT2D eigenvalue weighted by molar-refractivity contribution is 9.10. The van der Waals surface area contributed by atoms with Crippen molar-refractivity contribution < 1.29 is 22.7 Å². The molecule has 2 aromatic carbocycles. The molecule has 0 aliphatic carbocycles. The summed E-state index contributed by atoms with van der Waals surface area (Å²) < 4.78 is 53.9. The van der Waals surface area contributed by atoms with E-state index >= 15 is 0 Å². The lowest BCUT2D eigenvalue weighted by Crippen LogP contribution is -2.09. The summed E-state index contributed by atoms with van der Waals surface area (Å²) >= 11 is 2.88. The van der Waals surface area contributed by atoms with Gasteiger partial charge in [-0.1, -0.05) is 28.1 Å². The fraction of sp³-hybridized carbons (Fsp3) is 0.0769. The SMILES string of the molecule is OC(c1cccc(F)c1F)c1c(F)cc(Br)cc1F. The van der Waals surface area contributed by atoms with Crippen molar-refractivity contribution in [2.45, 2.75) is 6.10 Å². The van der Waals surface area contributed by atoms with Crippen molar-refractivity contribution in [3.8, 4) is 0 Å². The fourth-order valence-corrected chi connectivity index (χ4v) is 2.10. The summed E-state index contributed by atoms with van der Waals surface area (Å²) in [7, 11) is 0. The van der Waals surface area contributed by atoms with Crippen molar-refractivity contribution in [1.82, 2.24) is 0 Å². The lowest BCUT2D eigenvalue weighted by atomic mass is 10.00. The molecule has 0 amide bonds. The van der Waals surface area contributed by atoms with E-state index in [9.17, 15) is 22.7 Å². The molecule has 2 rings (SSSR count). The molecule has 1 atom stereocenters. The second-order valence-electron chi connectivity index (χ2n) is 3.83. The van der Waals surface area contributed by atoms with Crippen LogP contribution in [0.1, 0.15) is 17.2 Å². The summed E-state index contributed by atoms with van der Waals surface area (Å²) in [6.45, 7) is 0. The predicted molar refractivity (Wildman–Crippen MR) is 64.5 cm³/mol. The van der Waals surface area contributed by atoms with Crippen molar-refractivity contribution in [2.75, 3.05) is 0 Å². The first kappa shape index (κ1) is 14.0. The summed E-state index contributed by atoms with van der Waals surface area (Å²) in [4.78, 5) is 0. The van der Waals surface area contributed by atoms with E-state index in [0.29, 0.717) is 0 Å². The van der Waals surface area contributed by atoms with Gasteiger partial charge in [0.1, 0.15) is 17.7 Å². The van der Waals surface area contributed by atoms with E-state index in [0.717, 1.165) is 30.3 Å². The van der Waals surface area contributed by atoms with Gasteiger partial charge in [0, 0.05) is 10.0 Å². The standard InChI is InChI=1S/C13H7BrF4O/c14-6-4-9(16)11(10(17)5-6)13(19)7-2-1-3-8(15)12(7)18/h1-5,13,19H. The number of aliphatic hydroxyl groups is 1. The Bertz CT molecular complexity index is 607. The molecule has 0 spiro atoms. The third kappa shape index (κ3) is 2.64. The summed E-state index contributed by atoms with van der Waals surface area (Å²) in [5.41, 5.74) is -1.26. The van der Waals surface area contributed by atoms with Gasteiger partial charge in [0.15, 0.2) is 11.6 Å². The zero-order valence-corrected chi connectivity index (χ0v) is 10.9. The van der Waals surface area contributed by atoms with Crippen molar-refractivity contribution in [3.05, 3.63) is 69.2 Å². The van der Waals surface area contributed by atoms with Gasteiger partial charge in [-0.3, -0.25) is 0 Å². The van der Waals surface area contributed by atoms with Crippen LogP contribution in [0.4, 0.5) is 17.6 Å². The third-order valence-electron chi connectivity index (χ3n) is 2.59. The van der Waals surface area contributed by atoms with Crippen LogP contribution in [0.5, 0.6) is 0 Å². The van der Waals surface area contributed by atoms with Crippen LogP contribution in [-0.4, -0.2) is 5.11 Å². The highest BCUT2D eigenvalue weighted by Gasteiger charge is 2.24. The van der Waals surface area contributed by atoms with Crippen LogP contribution < -0.4 is 0 Å². The molecule has 2 aromatic rings. The Hall–Kier alpha value is -1.40. The number of rotatable bonds is 2. The number of aliphatic hydroxyl groups excluding tert-OH is 1. The van der Waals surface area contributed by atoms with E-state index in [1.165, 1.54) is 0 Å². The lowest BCUT2D eigenvalue weighted by molar-refractivity contribution is 0.202. The highest BCUT2D eigenvalue weighted by atomic mass is 79.9. The Kier molecular flexibility index (Phi) is 3.91. The number of benzene rings is 2. The lowest BCUT2D eigenvalue weighted by Gasteiger charge is -2.14. The first-order valence-electron chi connectivity index (χ1n) is 5.18. The molecule has 0 fully saturated rings. The van der Waals surface area contributed by atoms with Crippen molar-refractivity contribution in [1.29, 1.82) is 0 Å². The number of hydrogen-bond donors (Lipinski definition) is 1. The van der Waals surface area contributed by atoms with Gasteiger partial charge < -0.3 is 5.11 Å². The monoisotopic (exact) mass is 334 g/mol. The van der Waals surface area contributed by atoms with E-state index in [-0.39, 0.29) is 4.47 Å². The second-order valence-corrected chi connectivity index (χ2v) is 4.74. The number of halogens is 5. The maximum Gasteiger partial charge on any atom is 0.164 e. The number of hydrogen-bond acceptors (Lipinski definition) is 1. The van der Waals surface area contributed by atoms with Gasteiger partial charge in [0.05, 0.1) is 5.56 Å². The molecule has 0 radical (unpaired) electrons. The molecule has 0 aromatic heterocycles. The van der Waals surface area contributed by atoms with Crippen LogP contribution in [0.3, 0.4) is 0 Å². The molecule has 0 saturated carbocycles. The molecule has 100 valence electrons. The van der Waals surface area contributed by atoms with E-state index in [1.54, 1.807) is 0 Å². The van der Waals surface area contributed by atoms with Crippen LogP contribution in [0.15, 0.2) is 34.8 Å². The van der Waals surface area contributed by atoms with Crippen LogP contribution in [0.25, 0.3) is 0 Å². The normalized spacial score (nSPS) is 12.5. The summed E-state index contributed by atoms with van der Waals surface area (Å²) in [6, 6.07) is 4.91. The molecule has 0 heterocycles. The summed E-state index contributed by atoms with van der Waals surface area (Å²) in [6.07, 6.45) is -1.93. The molecule has 6 heteroatoms. The zero-order chi connectivity index (χ0) is 14.2. The minimum atomic E-state index is -1.93. The largest absolute Gasteiger partial charge is 0.383 e. The minimum Gasteiger partial charge on any atom is -0.383 e. The molecule has 0 saturated heterocycles. The third-order valence-corrected chi connectivity index (χ3v) is 3.05. The van der Waals surface area contributed by atoms with E-state index < -0.39 is 40.5 Å². The topological polar surface area (TPSA) is 20.2 Å². The van der Waals surface area contributed by atoms with E-state index in [4.69, 9.17) is 0 Å². The summed E-state index contributed by atoms with van der Waals surface area (Å²) in [5.74, 6) is -4.64. The summed E-state index contributed by atoms with van der Waals surface area (Å²) in [5, 5.41) is 9.85. The van der Waals surface area contributed by atoms with Crippen LogP contribution in [-0.2, 0) is 0 Å². The Morgan fingerprint density at radius 3 is 2.11 bits per heavy atom. The van der Waals surface area contributed by atoms with Gasteiger partial charge in [0.25, 0.3) is 0 Å². The Balaban J connectivity index is 2.56. The van der Waals surface area contributed by atoms with Crippen LogP contribution >= 0.6 is 15.9 Å². The smallest absolute Gasteiger partial charge is 0.164 e. The molecule has 0 aliphatic heterocycles. The predicted octanol–water partition coefficient (Wildman–Crippen LogP) is 4.09. The molecule has 1 nitrogen and oxygen atoms in total. The average molecular weight is 335 g/mol. The van der Waals surface area contributed by atoms with Gasteiger partial charge in [0.2, 0.25) is 0 Å². The first-order chi connectivity index (χ1) is 8.91. The van der Waals surface area contributed by atoms with Gasteiger partial charge in [-0.2, -0.15) is 0 Å². The van der Waals surface area contributed by atoms with Crippen molar-refractivity contribution in [3.63, 3.8) is 0 Å². The molecule has 1 unspecified atom stereocenters. The Morgan fingerprint density at radius 1 is 0.947 bits per heavy atom. The fourth-order valence-electron chi connectivity index (χ4n) is 1.70. The first-order valence-corrected chi connectivity index (χ1v) is 5.97. The molecule has 1 N–H and O–H groups in total. The maximum absolute atomic E-state index is 13.6. The molecule has 0 aliphatic rings. The van der Waals surface area contributed by atoms with Gasteiger partial charge in [-0.25, -0.2) is 17.6 Å². The van der Waals surface area contributed by atoms with Crippen LogP contribution in [0, 0.1) is 23.3 Å². The van der Waals surface area contributed by atoms with E-state index in [1.807, 2.05) is 0 Å². The zero-order valence-electron chi connectivity index (χ0n) is 9.30. The maximum atomic E-state index is 13.6. The average Bonchev–Trinajstić information content (AvgIpc) is 2.31. The van der Waals surface area contributed by atoms with E-state index in [2.05, 4.69) is 15.9 Å². The second kappa shape index (κ2) is 5.30. The van der Waals surface area contributed by atoms with Gasteiger partial charge in [-0.05, 0) is 18.2 Å². The van der Waals surface area contributed by atoms with Crippen LogP contribution in [0.2, 0.25) is 0 Å².